The molecule has 2 rings (SSSR count). The minimum atomic E-state index is 0.0820. The molecule has 1 N–H and O–H groups in total. The molecule has 0 aliphatic heterocycles. The van der Waals surface area contributed by atoms with Crippen molar-refractivity contribution >= 4 is 11.5 Å². The van der Waals surface area contributed by atoms with Gasteiger partial charge in [0, 0.05) is 18.0 Å². The Labute approximate surface area is 117 Å². The summed E-state index contributed by atoms with van der Waals surface area (Å²) in [4.78, 5) is 9.39. The van der Waals surface area contributed by atoms with Crippen LogP contribution < -0.4 is 5.32 Å². The fourth-order valence-corrected chi connectivity index (χ4v) is 2.83. The molecule has 2 aromatic rings. The molecule has 0 aliphatic carbocycles. The second-order valence-corrected chi connectivity index (χ2v) is 5.52. The summed E-state index contributed by atoms with van der Waals surface area (Å²) in [6.07, 6.45) is 6.33. The molecule has 0 saturated carbocycles. The van der Waals surface area contributed by atoms with E-state index in [1.54, 1.807) is 6.33 Å². The summed E-state index contributed by atoms with van der Waals surface area (Å²) in [6, 6.07) is 0.0820. The number of rotatable bonds is 6. The number of hydrogen-bond donors (Lipinski definition) is 1. The van der Waals surface area contributed by atoms with E-state index < -0.39 is 0 Å². The normalized spacial score (nSPS) is 12.8. The van der Waals surface area contributed by atoms with Crippen LogP contribution in [0.15, 0.2) is 18.7 Å². The zero-order valence-corrected chi connectivity index (χ0v) is 12.3. The van der Waals surface area contributed by atoms with E-state index in [1.165, 1.54) is 16.4 Å². The molecular weight excluding hydrogens is 258 g/mol. The predicted octanol–water partition coefficient (Wildman–Crippen LogP) is 2.54. The third-order valence-electron chi connectivity index (χ3n) is 2.86. The van der Waals surface area contributed by atoms with Crippen molar-refractivity contribution in [3.8, 4) is 0 Å². The highest BCUT2D eigenvalue weighted by atomic mass is 32.1. The van der Waals surface area contributed by atoms with E-state index in [0.717, 1.165) is 24.2 Å². The van der Waals surface area contributed by atoms with E-state index in [4.69, 9.17) is 0 Å². The SMILES string of the molecule is CCCNC(c1cncnc1)c1snnc1C(C)C. The predicted molar refractivity (Wildman–Crippen MR) is 76.2 cm³/mol. The first-order valence-corrected chi connectivity index (χ1v) is 7.31. The van der Waals surface area contributed by atoms with Crippen molar-refractivity contribution < 1.29 is 0 Å². The van der Waals surface area contributed by atoms with Gasteiger partial charge in [0.25, 0.3) is 0 Å². The molecule has 0 saturated heterocycles. The molecule has 2 heterocycles. The Kier molecular flexibility index (Phi) is 4.93. The third-order valence-corrected chi connectivity index (χ3v) is 3.67. The van der Waals surface area contributed by atoms with Crippen LogP contribution in [0.2, 0.25) is 0 Å². The second-order valence-electron chi connectivity index (χ2n) is 4.74. The minimum Gasteiger partial charge on any atom is -0.305 e. The van der Waals surface area contributed by atoms with Gasteiger partial charge in [-0.15, -0.1) is 5.10 Å². The van der Waals surface area contributed by atoms with Gasteiger partial charge >= 0.3 is 0 Å². The Bertz CT molecular complexity index is 497. The Balaban J connectivity index is 2.34. The quantitative estimate of drug-likeness (QED) is 0.879. The van der Waals surface area contributed by atoms with Crippen molar-refractivity contribution in [3.63, 3.8) is 0 Å². The van der Waals surface area contributed by atoms with Crippen LogP contribution in [-0.4, -0.2) is 26.1 Å². The van der Waals surface area contributed by atoms with Crippen LogP contribution in [-0.2, 0) is 0 Å². The van der Waals surface area contributed by atoms with E-state index in [0.29, 0.717) is 5.92 Å². The fourth-order valence-electron chi connectivity index (χ4n) is 1.92. The summed E-state index contributed by atoms with van der Waals surface area (Å²) in [5, 5.41) is 7.79. The maximum Gasteiger partial charge on any atom is 0.115 e. The molecule has 0 amide bonds. The maximum absolute atomic E-state index is 4.26. The van der Waals surface area contributed by atoms with Crippen molar-refractivity contribution in [2.45, 2.75) is 39.2 Å². The van der Waals surface area contributed by atoms with Gasteiger partial charge < -0.3 is 5.32 Å². The molecule has 0 spiro atoms. The molecule has 1 atom stereocenters. The Hall–Kier alpha value is -1.40. The lowest BCUT2D eigenvalue weighted by molar-refractivity contribution is 0.593. The minimum absolute atomic E-state index is 0.0820. The van der Waals surface area contributed by atoms with Crippen molar-refractivity contribution in [1.82, 2.24) is 24.9 Å². The van der Waals surface area contributed by atoms with Crippen molar-refractivity contribution in [3.05, 3.63) is 34.9 Å². The van der Waals surface area contributed by atoms with Crippen molar-refractivity contribution in [2.75, 3.05) is 6.54 Å². The molecule has 102 valence electrons. The lowest BCUT2D eigenvalue weighted by atomic mass is 10.0. The monoisotopic (exact) mass is 277 g/mol. The molecule has 6 heteroatoms. The largest absolute Gasteiger partial charge is 0.305 e. The van der Waals surface area contributed by atoms with E-state index in [1.807, 2.05) is 12.4 Å². The van der Waals surface area contributed by atoms with Crippen LogP contribution in [0.3, 0.4) is 0 Å². The average Bonchev–Trinajstić information content (AvgIpc) is 2.90. The molecule has 0 radical (unpaired) electrons. The first-order chi connectivity index (χ1) is 9.24. The van der Waals surface area contributed by atoms with Crippen molar-refractivity contribution in [2.24, 2.45) is 0 Å². The lowest BCUT2D eigenvalue weighted by Gasteiger charge is -2.18. The van der Waals surface area contributed by atoms with Gasteiger partial charge in [-0.2, -0.15) is 0 Å². The summed E-state index contributed by atoms with van der Waals surface area (Å²) < 4.78 is 4.11. The third kappa shape index (κ3) is 3.33. The van der Waals surface area contributed by atoms with Crippen LogP contribution in [0.1, 0.15) is 55.3 Å². The molecule has 2 aromatic heterocycles. The van der Waals surface area contributed by atoms with Crippen LogP contribution in [0, 0.1) is 0 Å². The zero-order chi connectivity index (χ0) is 13.7. The summed E-state index contributed by atoms with van der Waals surface area (Å²) in [7, 11) is 0. The lowest BCUT2D eigenvalue weighted by Crippen LogP contribution is -2.23. The summed E-state index contributed by atoms with van der Waals surface area (Å²) in [6.45, 7) is 7.37. The van der Waals surface area contributed by atoms with Crippen molar-refractivity contribution in [1.29, 1.82) is 0 Å². The van der Waals surface area contributed by atoms with E-state index in [2.05, 4.69) is 45.6 Å². The summed E-state index contributed by atoms with van der Waals surface area (Å²) >= 11 is 1.45. The highest BCUT2D eigenvalue weighted by molar-refractivity contribution is 7.05. The van der Waals surface area contributed by atoms with Crippen LogP contribution in [0.4, 0.5) is 0 Å². The smallest absolute Gasteiger partial charge is 0.115 e. The topological polar surface area (TPSA) is 63.6 Å². The van der Waals surface area contributed by atoms with E-state index in [-0.39, 0.29) is 6.04 Å². The maximum atomic E-state index is 4.26. The van der Waals surface area contributed by atoms with E-state index >= 15 is 0 Å². The summed E-state index contributed by atoms with van der Waals surface area (Å²) in [5.74, 6) is 0.365. The number of aromatic nitrogens is 4. The standard InChI is InChI=1S/C13H19N5S/c1-4-5-16-12(10-6-14-8-15-7-10)13-11(9(2)3)17-18-19-13/h6-9,12,16H,4-5H2,1-3H3. The average molecular weight is 277 g/mol. The van der Waals surface area contributed by atoms with Gasteiger partial charge in [-0.1, -0.05) is 25.3 Å². The first kappa shape index (κ1) is 14.0. The zero-order valence-electron chi connectivity index (χ0n) is 11.5. The first-order valence-electron chi connectivity index (χ1n) is 6.54. The van der Waals surface area contributed by atoms with Gasteiger partial charge in [0.15, 0.2) is 0 Å². The Morgan fingerprint density at radius 2 is 2.00 bits per heavy atom. The van der Waals surface area contributed by atoms with Gasteiger partial charge in [0.1, 0.15) is 6.33 Å². The molecule has 0 aromatic carbocycles. The molecule has 1 unspecified atom stereocenters. The number of nitrogens with zero attached hydrogens (tertiary/aromatic N) is 4. The van der Waals surface area contributed by atoms with Gasteiger partial charge in [-0.25, -0.2) is 9.97 Å². The molecule has 0 aliphatic rings. The Morgan fingerprint density at radius 1 is 1.26 bits per heavy atom. The van der Waals surface area contributed by atoms with Gasteiger partial charge in [-0.05, 0) is 30.4 Å². The molecular formula is C13H19N5S. The summed E-state index contributed by atoms with van der Waals surface area (Å²) in [5.41, 5.74) is 2.12. The second kappa shape index (κ2) is 6.68. The van der Waals surface area contributed by atoms with Gasteiger partial charge in [0.05, 0.1) is 16.6 Å². The van der Waals surface area contributed by atoms with Crippen LogP contribution >= 0.6 is 11.5 Å². The molecule has 5 nitrogen and oxygen atoms in total. The molecule has 19 heavy (non-hydrogen) atoms. The fraction of sp³-hybridized carbons (Fsp3) is 0.538. The molecule has 0 fully saturated rings. The van der Waals surface area contributed by atoms with Gasteiger partial charge in [-0.3, -0.25) is 0 Å². The number of nitrogens with one attached hydrogen (secondary N) is 1. The highest BCUT2D eigenvalue weighted by Gasteiger charge is 2.22. The van der Waals surface area contributed by atoms with E-state index in [9.17, 15) is 0 Å². The highest BCUT2D eigenvalue weighted by Crippen LogP contribution is 2.30. The molecule has 0 bridgehead atoms. The Morgan fingerprint density at radius 3 is 2.63 bits per heavy atom. The number of hydrogen-bond acceptors (Lipinski definition) is 6. The van der Waals surface area contributed by atoms with Gasteiger partial charge in [0.2, 0.25) is 0 Å². The van der Waals surface area contributed by atoms with Crippen LogP contribution in [0.5, 0.6) is 0 Å². The van der Waals surface area contributed by atoms with Crippen LogP contribution in [0.25, 0.3) is 0 Å².